The molecule has 1 aromatic heterocycles. The molecule has 1 saturated heterocycles. The lowest BCUT2D eigenvalue weighted by atomic mass is 10.2. The van der Waals surface area contributed by atoms with Crippen molar-refractivity contribution in [3.05, 3.63) is 35.6 Å². The number of rotatable bonds is 5. The lowest BCUT2D eigenvalue weighted by Gasteiger charge is -2.33. The van der Waals surface area contributed by atoms with Gasteiger partial charge in [0.2, 0.25) is 15.4 Å². The third-order valence-corrected chi connectivity index (χ3v) is 6.98. The zero-order valence-corrected chi connectivity index (χ0v) is 15.7. The summed E-state index contributed by atoms with van der Waals surface area (Å²) in [5.74, 6) is -0.611. The standard InChI is InChI=1S/C15H18FN5O3S2/c1-11(22)17-14-18-19-15(25-14)26(23,24)21-8-6-20(7-9-21)10-12-2-4-13(16)5-3-12/h2-5H,6-10H2,1H3,(H,17,18,22). The van der Waals surface area contributed by atoms with Gasteiger partial charge in [0.15, 0.2) is 0 Å². The van der Waals surface area contributed by atoms with Crippen LogP contribution in [0.25, 0.3) is 0 Å². The van der Waals surface area contributed by atoms with Gasteiger partial charge in [-0.3, -0.25) is 9.69 Å². The molecule has 8 nitrogen and oxygen atoms in total. The van der Waals surface area contributed by atoms with Crippen LogP contribution in [0.5, 0.6) is 0 Å². The van der Waals surface area contributed by atoms with Gasteiger partial charge in [0, 0.05) is 39.6 Å². The molecule has 26 heavy (non-hydrogen) atoms. The average molecular weight is 399 g/mol. The minimum absolute atomic E-state index is 0.131. The molecular weight excluding hydrogens is 381 g/mol. The second-order valence-corrected chi connectivity index (χ2v) is 8.95. The van der Waals surface area contributed by atoms with Gasteiger partial charge in [0.05, 0.1) is 0 Å². The molecule has 0 bridgehead atoms. The Labute approximate surface area is 154 Å². The van der Waals surface area contributed by atoms with E-state index in [1.165, 1.54) is 23.4 Å². The van der Waals surface area contributed by atoms with Crippen molar-refractivity contribution in [2.75, 3.05) is 31.5 Å². The molecule has 0 atom stereocenters. The first-order valence-corrected chi connectivity index (χ1v) is 10.2. The highest BCUT2D eigenvalue weighted by Gasteiger charge is 2.31. The molecule has 1 N–H and O–H groups in total. The van der Waals surface area contributed by atoms with E-state index in [1.807, 2.05) is 0 Å². The summed E-state index contributed by atoms with van der Waals surface area (Å²) in [4.78, 5) is 13.1. The van der Waals surface area contributed by atoms with Gasteiger partial charge in [0.25, 0.3) is 10.0 Å². The number of nitrogens with one attached hydrogen (secondary N) is 1. The fraction of sp³-hybridized carbons (Fsp3) is 0.400. The molecule has 1 aliphatic heterocycles. The summed E-state index contributed by atoms with van der Waals surface area (Å²) in [5, 5.41) is 9.96. The molecule has 0 radical (unpaired) electrons. The predicted molar refractivity (Wildman–Crippen MR) is 94.6 cm³/mol. The molecule has 1 aliphatic rings. The molecule has 0 aliphatic carbocycles. The number of hydrogen-bond acceptors (Lipinski definition) is 7. The van der Waals surface area contributed by atoms with Gasteiger partial charge in [-0.15, -0.1) is 10.2 Å². The van der Waals surface area contributed by atoms with Crippen LogP contribution in [0.4, 0.5) is 9.52 Å². The van der Waals surface area contributed by atoms with Crippen LogP contribution in [0.15, 0.2) is 28.6 Å². The van der Waals surface area contributed by atoms with Crippen LogP contribution in [0.2, 0.25) is 0 Å². The number of hydrogen-bond donors (Lipinski definition) is 1. The Hall–Kier alpha value is -1.95. The van der Waals surface area contributed by atoms with Crippen molar-refractivity contribution in [1.82, 2.24) is 19.4 Å². The predicted octanol–water partition coefficient (Wildman–Crippen LogP) is 1.14. The van der Waals surface area contributed by atoms with E-state index in [0.29, 0.717) is 32.7 Å². The van der Waals surface area contributed by atoms with Crippen molar-refractivity contribution in [3.8, 4) is 0 Å². The average Bonchev–Trinajstić information content (AvgIpc) is 3.06. The first-order chi connectivity index (χ1) is 12.3. The molecule has 1 fully saturated rings. The Morgan fingerprint density at radius 3 is 2.46 bits per heavy atom. The zero-order valence-electron chi connectivity index (χ0n) is 14.1. The van der Waals surface area contributed by atoms with Crippen LogP contribution in [0.3, 0.4) is 0 Å². The van der Waals surface area contributed by atoms with Crippen LogP contribution in [-0.2, 0) is 21.4 Å². The van der Waals surface area contributed by atoms with E-state index in [1.54, 1.807) is 12.1 Å². The van der Waals surface area contributed by atoms with Crippen LogP contribution in [-0.4, -0.2) is 59.9 Å². The first kappa shape index (κ1) is 18.8. The highest BCUT2D eigenvalue weighted by molar-refractivity contribution is 7.91. The van der Waals surface area contributed by atoms with E-state index >= 15 is 0 Å². The maximum atomic E-state index is 13.0. The minimum Gasteiger partial charge on any atom is -0.301 e. The Kier molecular flexibility index (Phi) is 5.61. The van der Waals surface area contributed by atoms with Gasteiger partial charge >= 0.3 is 0 Å². The Morgan fingerprint density at radius 2 is 1.85 bits per heavy atom. The lowest BCUT2D eigenvalue weighted by molar-refractivity contribution is -0.114. The fourth-order valence-corrected chi connectivity index (χ4v) is 5.11. The van der Waals surface area contributed by atoms with Crippen LogP contribution < -0.4 is 5.32 Å². The first-order valence-electron chi connectivity index (χ1n) is 7.92. The van der Waals surface area contributed by atoms with Gasteiger partial charge in [-0.2, -0.15) is 4.31 Å². The molecule has 140 valence electrons. The summed E-state index contributed by atoms with van der Waals surface area (Å²) < 4.78 is 39.5. The summed E-state index contributed by atoms with van der Waals surface area (Å²) in [6.45, 7) is 3.74. The second kappa shape index (κ2) is 7.74. The summed E-state index contributed by atoms with van der Waals surface area (Å²) in [5.41, 5.74) is 0.978. The smallest absolute Gasteiger partial charge is 0.272 e. The topological polar surface area (TPSA) is 95.5 Å². The molecule has 1 amide bonds. The van der Waals surface area contributed by atoms with Crippen LogP contribution in [0, 0.1) is 5.82 Å². The quantitative estimate of drug-likeness (QED) is 0.758. The van der Waals surface area contributed by atoms with E-state index in [9.17, 15) is 17.6 Å². The number of carbonyl (C=O) groups excluding carboxylic acids is 1. The number of nitrogens with zero attached hydrogens (tertiary/aromatic N) is 4. The number of aromatic nitrogens is 2. The van der Waals surface area contributed by atoms with E-state index in [2.05, 4.69) is 20.4 Å². The van der Waals surface area contributed by atoms with Gasteiger partial charge in [0.1, 0.15) is 5.82 Å². The third kappa shape index (κ3) is 4.41. The second-order valence-electron chi connectivity index (χ2n) is 5.86. The third-order valence-electron chi connectivity index (χ3n) is 3.90. The zero-order chi connectivity index (χ0) is 18.7. The van der Waals surface area contributed by atoms with Gasteiger partial charge < -0.3 is 5.32 Å². The Bertz CT molecular complexity index is 877. The highest BCUT2D eigenvalue weighted by Crippen LogP contribution is 2.24. The molecule has 0 unspecified atom stereocenters. The van der Waals surface area contributed by atoms with E-state index in [-0.39, 0.29) is 21.2 Å². The van der Waals surface area contributed by atoms with Crippen molar-refractivity contribution in [3.63, 3.8) is 0 Å². The summed E-state index contributed by atoms with van der Waals surface area (Å²) in [6.07, 6.45) is 0. The SMILES string of the molecule is CC(=O)Nc1nnc(S(=O)(=O)N2CCN(Cc3ccc(F)cc3)CC2)s1. The Balaban J connectivity index is 1.60. The summed E-state index contributed by atoms with van der Waals surface area (Å²) in [7, 11) is -3.73. The molecule has 2 heterocycles. The molecule has 3 rings (SSSR count). The van der Waals surface area contributed by atoms with Crippen molar-refractivity contribution < 1.29 is 17.6 Å². The number of anilines is 1. The highest BCUT2D eigenvalue weighted by atomic mass is 32.2. The van der Waals surface area contributed by atoms with Crippen molar-refractivity contribution >= 4 is 32.4 Å². The van der Waals surface area contributed by atoms with Crippen LogP contribution >= 0.6 is 11.3 Å². The molecular formula is C15H18FN5O3S2. The maximum absolute atomic E-state index is 13.0. The normalized spacial score (nSPS) is 16.5. The van der Waals surface area contributed by atoms with Gasteiger partial charge in [-0.1, -0.05) is 23.5 Å². The number of halogens is 1. The number of carbonyl (C=O) groups is 1. The summed E-state index contributed by atoms with van der Waals surface area (Å²) in [6, 6.07) is 6.28. The van der Waals surface area contributed by atoms with Gasteiger partial charge in [-0.25, -0.2) is 12.8 Å². The maximum Gasteiger partial charge on any atom is 0.272 e. The largest absolute Gasteiger partial charge is 0.301 e. The number of sulfonamides is 1. The van der Waals surface area contributed by atoms with Crippen molar-refractivity contribution in [2.24, 2.45) is 0 Å². The van der Waals surface area contributed by atoms with Crippen molar-refractivity contribution in [2.45, 2.75) is 17.8 Å². The number of piperazine rings is 1. The lowest BCUT2D eigenvalue weighted by Crippen LogP contribution is -2.48. The number of benzene rings is 1. The molecule has 1 aromatic carbocycles. The monoisotopic (exact) mass is 399 g/mol. The van der Waals surface area contributed by atoms with Gasteiger partial charge in [-0.05, 0) is 17.7 Å². The summed E-state index contributed by atoms with van der Waals surface area (Å²) >= 11 is 0.834. The number of amides is 1. The molecule has 2 aromatic rings. The van der Waals surface area contributed by atoms with Crippen molar-refractivity contribution in [1.29, 1.82) is 0 Å². The van der Waals surface area contributed by atoms with E-state index in [0.717, 1.165) is 16.9 Å². The fourth-order valence-electron chi connectivity index (χ4n) is 2.60. The molecule has 0 saturated carbocycles. The minimum atomic E-state index is -3.73. The Morgan fingerprint density at radius 1 is 1.19 bits per heavy atom. The molecule has 0 spiro atoms. The van der Waals surface area contributed by atoms with Crippen LogP contribution in [0.1, 0.15) is 12.5 Å². The van der Waals surface area contributed by atoms with E-state index in [4.69, 9.17) is 0 Å². The van der Waals surface area contributed by atoms with E-state index < -0.39 is 10.0 Å². The molecule has 11 heteroatoms.